The van der Waals surface area contributed by atoms with Crippen molar-refractivity contribution in [1.29, 1.82) is 0 Å². The van der Waals surface area contributed by atoms with E-state index >= 15 is 0 Å². The average Bonchev–Trinajstić information content (AvgIpc) is 2.90. The lowest BCUT2D eigenvalue weighted by atomic mass is 10.3. The Hall–Kier alpha value is -1.64. The van der Waals surface area contributed by atoms with Crippen LogP contribution in [-0.2, 0) is 16.6 Å². The average molecular weight is 328 g/mol. The molecule has 0 unspecified atom stereocenters. The van der Waals surface area contributed by atoms with E-state index in [1.54, 1.807) is 12.3 Å². The highest BCUT2D eigenvalue weighted by molar-refractivity contribution is 7.89. The van der Waals surface area contributed by atoms with Gasteiger partial charge in [-0.1, -0.05) is 0 Å². The molecule has 114 valence electrons. The van der Waals surface area contributed by atoms with Gasteiger partial charge in [0.15, 0.2) is 0 Å². The second-order valence-corrected chi connectivity index (χ2v) is 7.26. The van der Waals surface area contributed by atoms with Crippen molar-refractivity contribution in [1.82, 2.24) is 9.71 Å². The molecular formula is C13H16N2O4S2. The second-order valence-electron chi connectivity index (χ2n) is 4.21. The van der Waals surface area contributed by atoms with E-state index in [1.807, 2.05) is 6.92 Å². The zero-order valence-electron chi connectivity index (χ0n) is 11.9. The fourth-order valence-electron chi connectivity index (χ4n) is 1.71. The Morgan fingerprint density at radius 1 is 1.29 bits per heavy atom. The summed E-state index contributed by atoms with van der Waals surface area (Å²) in [4.78, 5) is 5.22. The molecular weight excluding hydrogens is 312 g/mol. The first-order chi connectivity index (χ1) is 9.96. The highest BCUT2D eigenvalue weighted by Crippen LogP contribution is 2.28. The Labute approximate surface area is 127 Å². The molecule has 2 rings (SSSR count). The first-order valence-electron chi connectivity index (χ1n) is 6.09. The van der Waals surface area contributed by atoms with Crippen LogP contribution in [-0.4, -0.2) is 27.6 Å². The summed E-state index contributed by atoms with van der Waals surface area (Å²) in [7, 11) is -0.760. The van der Waals surface area contributed by atoms with Gasteiger partial charge in [-0.2, -0.15) is 0 Å². The van der Waals surface area contributed by atoms with Crippen LogP contribution in [0.25, 0.3) is 0 Å². The van der Waals surface area contributed by atoms with Crippen molar-refractivity contribution in [2.75, 3.05) is 14.2 Å². The number of thiazole rings is 1. The van der Waals surface area contributed by atoms with E-state index in [4.69, 9.17) is 9.47 Å². The molecule has 0 saturated carbocycles. The minimum absolute atomic E-state index is 0.0686. The molecule has 8 heteroatoms. The zero-order valence-corrected chi connectivity index (χ0v) is 13.5. The molecule has 0 saturated heterocycles. The van der Waals surface area contributed by atoms with E-state index < -0.39 is 10.0 Å². The van der Waals surface area contributed by atoms with Gasteiger partial charge in [-0.25, -0.2) is 18.1 Å². The van der Waals surface area contributed by atoms with Crippen molar-refractivity contribution in [2.24, 2.45) is 0 Å². The van der Waals surface area contributed by atoms with Gasteiger partial charge in [0.25, 0.3) is 0 Å². The standard InChI is InChI=1S/C13H16N2O4S2/c1-9-7-14-13(20-9)8-15-21(16,17)12-5-4-10(18-2)6-11(12)19-3/h4-7,15H,8H2,1-3H3. The maximum absolute atomic E-state index is 12.3. The van der Waals surface area contributed by atoms with Gasteiger partial charge in [0.05, 0.1) is 20.8 Å². The lowest BCUT2D eigenvalue weighted by Gasteiger charge is -2.11. The van der Waals surface area contributed by atoms with Gasteiger partial charge in [0.2, 0.25) is 10.0 Å². The maximum Gasteiger partial charge on any atom is 0.244 e. The SMILES string of the molecule is COc1ccc(S(=O)(=O)NCc2ncc(C)s2)c(OC)c1. The van der Waals surface area contributed by atoms with Crippen molar-refractivity contribution >= 4 is 21.4 Å². The Balaban J connectivity index is 2.22. The van der Waals surface area contributed by atoms with Crippen LogP contribution in [0.2, 0.25) is 0 Å². The Morgan fingerprint density at radius 2 is 2.05 bits per heavy atom. The van der Waals surface area contributed by atoms with E-state index in [-0.39, 0.29) is 17.2 Å². The number of hydrogen-bond donors (Lipinski definition) is 1. The third-order valence-corrected chi connectivity index (χ3v) is 5.10. The van der Waals surface area contributed by atoms with Crippen LogP contribution in [0.1, 0.15) is 9.88 Å². The third kappa shape index (κ3) is 3.72. The first-order valence-corrected chi connectivity index (χ1v) is 8.39. The number of benzene rings is 1. The van der Waals surface area contributed by atoms with Crippen molar-refractivity contribution in [2.45, 2.75) is 18.4 Å². The summed E-state index contributed by atoms with van der Waals surface area (Å²) in [5.41, 5.74) is 0. The lowest BCUT2D eigenvalue weighted by molar-refractivity contribution is 0.386. The molecule has 0 aliphatic heterocycles. The summed E-state index contributed by atoms with van der Waals surface area (Å²) in [6, 6.07) is 4.56. The third-order valence-electron chi connectivity index (χ3n) is 2.74. The summed E-state index contributed by atoms with van der Waals surface area (Å²) in [6.07, 6.45) is 1.71. The van der Waals surface area contributed by atoms with Crippen molar-refractivity contribution < 1.29 is 17.9 Å². The van der Waals surface area contributed by atoms with E-state index in [0.717, 1.165) is 4.88 Å². The van der Waals surface area contributed by atoms with Crippen LogP contribution in [0, 0.1) is 6.92 Å². The van der Waals surface area contributed by atoms with Crippen molar-refractivity contribution in [3.63, 3.8) is 0 Å². The van der Waals surface area contributed by atoms with Gasteiger partial charge in [0.1, 0.15) is 21.4 Å². The Morgan fingerprint density at radius 3 is 2.62 bits per heavy atom. The van der Waals surface area contributed by atoms with Crippen LogP contribution in [0.15, 0.2) is 29.3 Å². The van der Waals surface area contributed by atoms with Crippen molar-refractivity contribution in [3.05, 3.63) is 34.3 Å². The molecule has 0 fully saturated rings. The van der Waals surface area contributed by atoms with Gasteiger partial charge in [-0.3, -0.25) is 0 Å². The quantitative estimate of drug-likeness (QED) is 0.877. The molecule has 0 aliphatic rings. The number of nitrogens with one attached hydrogen (secondary N) is 1. The predicted octanol–water partition coefficient (Wildman–Crippen LogP) is 1.95. The topological polar surface area (TPSA) is 77.5 Å². The largest absolute Gasteiger partial charge is 0.497 e. The van der Waals surface area contributed by atoms with Crippen LogP contribution in [0.5, 0.6) is 11.5 Å². The molecule has 1 N–H and O–H groups in total. The number of hydrogen-bond acceptors (Lipinski definition) is 6. The van der Waals surface area contributed by atoms with Crippen LogP contribution in [0.4, 0.5) is 0 Å². The number of ether oxygens (including phenoxy) is 2. The summed E-state index contributed by atoms with van der Waals surface area (Å²) in [5.74, 6) is 0.763. The van der Waals surface area contributed by atoms with Crippen molar-refractivity contribution in [3.8, 4) is 11.5 Å². The van der Waals surface area contributed by atoms with Crippen LogP contribution in [0.3, 0.4) is 0 Å². The first kappa shape index (κ1) is 15.7. The van der Waals surface area contributed by atoms with Gasteiger partial charge < -0.3 is 9.47 Å². The smallest absolute Gasteiger partial charge is 0.244 e. The monoisotopic (exact) mass is 328 g/mol. The summed E-state index contributed by atoms with van der Waals surface area (Å²) in [5, 5.41) is 0.712. The minimum Gasteiger partial charge on any atom is -0.497 e. The molecule has 0 atom stereocenters. The number of nitrogens with zero attached hydrogens (tertiary/aromatic N) is 1. The normalized spacial score (nSPS) is 11.4. The van der Waals surface area contributed by atoms with Gasteiger partial charge in [-0.05, 0) is 19.1 Å². The van der Waals surface area contributed by atoms with Crippen LogP contribution >= 0.6 is 11.3 Å². The number of rotatable bonds is 6. The summed E-state index contributed by atoms with van der Waals surface area (Å²) < 4.78 is 37.4. The number of sulfonamides is 1. The molecule has 1 aromatic carbocycles. The van der Waals surface area contributed by atoms with Crippen LogP contribution < -0.4 is 14.2 Å². The fraction of sp³-hybridized carbons (Fsp3) is 0.308. The molecule has 0 radical (unpaired) electrons. The van der Waals surface area contributed by atoms with E-state index in [2.05, 4.69) is 9.71 Å². The number of aromatic nitrogens is 1. The molecule has 0 bridgehead atoms. The van der Waals surface area contributed by atoms with E-state index in [9.17, 15) is 8.42 Å². The maximum atomic E-state index is 12.3. The summed E-state index contributed by atoms with van der Waals surface area (Å²) in [6.45, 7) is 2.07. The Kier molecular flexibility index (Phi) is 4.81. The second kappa shape index (κ2) is 6.42. The van der Waals surface area contributed by atoms with E-state index in [1.165, 1.54) is 37.7 Å². The molecule has 2 aromatic rings. The van der Waals surface area contributed by atoms with Gasteiger partial charge in [-0.15, -0.1) is 11.3 Å². The predicted molar refractivity (Wildman–Crippen MR) is 80.4 cm³/mol. The summed E-state index contributed by atoms with van der Waals surface area (Å²) >= 11 is 1.45. The number of methoxy groups -OCH3 is 2. The van der Waals surface area contributed by atoms with E-state index in [0.29, 0.717) is 10.8 Å². The molecule has 1 heterocycles. The minimum atomic E-state index is -3.68. The number of aryl methyl sites for hydroxylation is 1. The highest BCUT2D eigenvalue weighted by atomic mass is 32.2. The lowest BCUT2D eigenvalue weighted by Crippen LogP contribution is -2.23. The molecule has 0 aliphatic carbocycles. The fourth-order valence-corrected chi connectivity index (χ4v) is 3.67. The highest BCUT2D eigenvalue weighted by Gasteiger charge is 2.20. The molecule has 21 heavy (non-hydrogen) atoms. The molecule has 1 aromatic heterocycles. The molecule has 0 spiro atoms. The Bertz CT molecular complexity index is 726. The molecule has 6 nitrogen and oxygen atoms in total. The van der Waals surface area contributed by atoms with Gasteiger partial charge in [0, 0.05) is 17.1 Å². The molecule has 0 amide bonds. The van der Waals surface area contributed by atoms with Gasteiger partial charge >= 0.3 is 0 Å². The zero-order chi connectivity index (χ0) is 15.5.